The van der Waals surface area contributed by atoms with Gasteiger partial charge in [0.05, 0.1) is 0 Å². The average Bonchev–Trinajstić information content (AvgIpc) is 2.62. The Morgan fingerprint density at radius 3 is 2.69 bits per heavy atom. The summed E-state index contributed by atoms with van der Waals surface area (Å²) >= 11 is 3.43. The lowest BCUT2D eigenvalue weighted by Gasteiger charge is -2.06. The van der Waals surface area contributed by atoms with Gasteiger partial charge in [-0.1, -0.05) is 28.1 Å². The lowest BCUT2D eigenvalue weighted by Crippen LogP contribution is -2.03. The molecule has 1 aromatic rings. The Hall–Kier alpha value is -0.340. The van der Waals surface area contributed by atoms with Gasteiger partial charge >= 0.3 is 0 Å². The van der Waals surface area contributed by atoms with Gasteiger partial charge in [-0.15, -0.1) is 0 Å². The van der Waals surface area contributed by atoms with Crippen molar-refractivity contribution in [2.45, 2.75) is 12.8 Å². The summed E-state index contributed by atoms with van der Waals surface area (Å²) in [6.07, 6.45) is 2.38. The summed E-state index contributed by atoms with van der Waals surface area (Å²) in [6.45, 7) is 1.89. The van der Waals surface area contributed by atoms with Gasteiger partial charge in [0.1, 0.15) is 0 Å². The maximum Gasteiger partial charge on any atom is 0.0498 e. The fourth-order valence-corrected chi connectivity index (χ4v) is 1.96. The van der Waals surface area contributed by atoms with Gasteiger partial charge in [0.15, 0.2) is 0 Å². The van der Waals surface area contributed by atoms with E-state index in [1.807, 2.05) is 0 Å². The fraction of sp³-hybridized carbons (Fsp3) is 0.455. The molecule has 0 bridgehead atoms. The number of benzene rings is 1. The summed E-state index contributed by atoms with van der Waals surface area (Å²) < 4.78 is 6.50. The topological polar surface area (TPSA) is 9.23 Å². The lowest BCUT2D eigenvalue weighted by molar-refractivity contribution is 0.186. The van der Waals surface area contributed by atoms with Gasteiger partial charge in [-0.3, -0.25) is 0 Å². The van der Waals surface area contributed by atoms with E-state index in [1.54, 1.807) is 0 Å². The molecule has 1 atom stereocenters. The van der Waals surface area contributed by atoms with Crippen LogP contribution in [-0.2, 0) is 11.2 Å². The van der Waals surface area contributed by atoms with Gasteiger partial charge in [0, 0.05) is 17.7 Å². The van der Waals surface area contributed by atoms with Gasteiger partial charge in [-0.2, -0.15) is 0 Å². The van der Waals surface area contributed by atoms with Crippen molar-refractivity contribution in [2.24, 2.45) is 5.92 Å². The van der Waals surface area contributed by atoms with Crippen LogP contribution in [0.3, 0.4) is 0 Å². The minimum absolute atomic E-state index is 0.737. The smallest absolute Gasteiger partial charge is 0.0498 e. The molecule has 0 saturated carbocycles. The van der Waals surface area contributed by atoms with Crippen molar-refractivity contribution in [3.8, 4) is 0 Å². The summed E-state index contributed by atoms with van der Waals surface area (Å²) in [7, 11) is 0. The van der Waals surface area contributed by atoms with Crippen molar-refractivity contribution in [1.29, 1.82) is 0 Å². The summed E-state index contributed by atoms with van der Waals surface area (Å²) in [5, 5.41) is 0. The van der Waals surface area contributed by atoms with E-state index in [1.165, 1.54) is 12.0 Å². The monoisotopic (exact) mass is 240 g/mol. The summed E-state index contributed by atoms with van der Waals surface area (Å²) in [5.74, 6) is 0.737. The Morgan fingerprint density at radius 2 is 2.08 bits per heavy atom. The van der Waals surface area contributed by atoms with Crippen LogP contribution in [-0.4, -0.2) is 13.2 Å². The zero-order valence-corrected chi connectivity index (χ0v) is 9.09. The van der Waals surface area contributed by atoms with Crippen molar-refractivity contribution < 1.29 is 4.74 Å². The largest absolute Gasteiger partial charge is 0.381 e. The molecule has 1 saturated heterocycles. The molecule has 1 aromatic carbocycles. The maximum atomic E-state index is 5.34. The SMILES string of the molecule is Brc1ccc(CC2CCOC2)cc1. The highest BCUT2D eigenvalue weighted by Crippen LogP contribution is 2.19. The molecule has 1 aliphatic rings. The molecule has 0 aromatic heterocycles. The van der Waals surface area contributed by atoms with Gasteiger partial charge in [-0.05, 0) is 36.5 Å². The standard InChI is InChI=1S/C11H13BrO/c12-11-3-1-9(2-4-11)7-10-5-6-13-8-10/h1-4,10H,5-8H2. The van der Waals surface area contributed by atoms with E-state index in [2.05, 4.69) is 40.2 Å². The van der Waals surface area contributed by atoms with Gasteiger partial charge in [0.2, 0.25) is 0 Å². The third-order valence-corrected chi connectivity index (χ3v) is 2.99. The fourth-order valence-electron chi connectivity index (χ4n) is 1.70. The molecule has 1 aliphatic heterocycles. The minimum Gasteiger partial charge on any atom is -0.381 e. The van der Waals surface area contributed by atoms with Gasteiger partial charge in [-0.25, -0.2) is 0 Å². The molecule has 1 fully saturated rings. The van der Waals surface area contributed by atoms with Gasteiger partial charge in [0.25, 0.3) is 0 Å². The Kier molecular flexibility index (Phi) is 3.01. The molecule has 1 heterocycles. The van der Waals surface area contributed by atoms with Gasteiger partial charge < -0.3 is 4.74 Å². The second-order valence-electron chi connectivity index (χ2n) is 3.56. The summed E-state index contributed by atoms with van der Waals surface area (Å²) in [5.41, 5.74) is 1.42. The molecule has 1 unspecified atom stereocenters. The van der Waals surface area contributed by atoms with Crippen LogP contribution in [0.5, 0.6) is 0 Å². The van der Waals surface area contributed by atoms with E-state index < -0.39 is 0 Å². The van der Waals surface area contributed by atoms with E-state index in [9.17, 15) is 0 Å². The van der Waals surface area contributed by atoms with E-state index in [0.717, 1.165) is 30.0 Å². The van der Waals surface area contributed by atoms with Crippen LogP contribution in [0.4, 0.5) is 0 Å². The predicted molar refractivity (Wildman–Crippen MR) is 56.8 cm³/mol. The Balaban J connectivity index is 1.97. The number of hydrogen-bond donors (Lipinski definition) is 0. The van der Waals surface area contributed by atoms with Crippen molar-refractivity contribution in [1.82, 2.24) is 0 Å². The molecule has 0 amide bonds. The van der Waals surface area contributed by atoms with Crippen LogP contribution in [0, 0.1) is 5.92 Å². The lowest BCUT2D eigenvalue weighted by atomic mass is 9.99. The van der Waals surface area contributed by atoms with E-state index in [0.29, 0.717) is 0 Å². The summed E-state index contributed by atoms with van der Waals surface area (Å²) in [4.78, 5) is 0. The molecule has 0 radical (unpaired) electrons. The van der Waals surface area contributed by atoms with Crippen molar-refractivity contribution in [2.75, 3.05) is 13.2 Å². The Labute approximate surface area is 87.2 Å². The molecule has 2 rings (SSSR count). The first kappa shape index (κ1) is 9.22. The number of halogens is 1. The van der Waals surface area contributed by atoms with Crippen molar-refractivity contribution in [3.63, 3.8) is 0 Å². The molecule has 0 aliphatic carbocycles. The molecule has 13 heavy (non-hydrogen) atoms. The highest BCUT2D eigenvalue weighted by atomic mass is 79.9. The summed E-state index contributed by atoms with van der Waals surface area (Å²) in [6, 6.07) is 8.57. The molecule has 70 valence electrons. The van der Waals surface area contributed by atoms with Crippen LogP contribution >= 0.6 is 15.9 Å². The van der Waals surface area contributed by atoms with Crippen LogP contribution in [0.25, 0.3) is 0 Å². The highest BCUT2D eigenvalue weighted by molar-refractivity contribution is 9.10. The molecule has 0 spiro atoms. The quantitative estimate of drug-likeness (QED) is 0.773. The first-order valence-corrected chi connectivity index (χ1v) is 5.46. The van der Waals surface area contributed by atoms with Crippen LogP contribution in [0.15, 0.2) is 28.7 Å². The normalized spacial score (nSPS) is 22.1. The third kappa shape index (κ3) is 2.55. The number of hydrogen-bond acceptors (Lipinski definition) is 1. The van der Waals surface area contributed by atoms with E-state index in [-0.39, 0.29) is 0 Å². The maximum absolute atomic E-state index is 5.34. The Morgan fingerprint density at radius 1 is 1.31 bits per heavy atom. The molecule has 2 heteroatoms. The molecular formula is C11H13BrO. The molecular weight excluding hydrogens is 228 g/mol. The number of ether oxygens (including phenoxy) is 1. The Bertz CT molecular complexity index is 262. The first-order chi connectivity index (χ1) is 6.34. The van der Waals surface area contributed by atoms with Crippen LogP contribution in [0.2, 0.25) is 0 Å². The zero-order valence-electron chi connectivity index (χ0n) is 7.50. The second kappa shape index (κ2) is 4.25. The third-order valence-electron chi connectivity index (χ3n) is 2.46. The van der Waals surface area contributed by atoms with Crippen molar-refractivity contribution >= 4 is 15.9 Å². The van der Waals surface area contributed by atoms with E-state index >= 15 is 0 Å². The number of rotatable bonds is 2. The van der Waals surface area contributed by atoms with Crippen LogP contribution < -0.4 is 0 Å². The first-order valence-electron chi connectivity index (χ1n) is 4.67. The van der Waals surface area contributed by atoms with Crippen molar-refractivity contribution in [3.05, 3.63) is 34.3 Å². The minimum atomic E-state index is 0.737. The van der Waals surface area contributed by atoms with Crippen LogP contribution in [0.1, 0.15) is 12.0 Å². The average molecular weight is 241 g/mol. The van der Waals surface area contributed by atoms with E-state index in [4.69, 9.17) is 4.74 Å². The highest BCUT2D eigenvalue weighted by Gasteiger charge is 2.15. The molecule has 1 nitrogen and oxygen atoms in total. The zero-order chi connectivity index (χ0) is 9.10. The predicted octanol–water partition coefficient (Wildman–Crippen LogP) is 3.03. The molecule has 0 N–H and O–H groups in total. The second-order valence-corrected chi connectivity index (χ2v) is 4.48.